The van der Waals surface area contributed by atoms with Gasteiger partial charge < -0.3 is 10.1 Å². The topological polar surface area (TPSA) is 86.1 Å². The van der Waals surface area contributed by atoms with Crippen molar-refractivity contribution < 1.29 is 9.53 Å². The van der Waals surface area contributed by atoms with Gasteiger partial charge in [0, 0.05) is 6.20 Å². The molecule has 1 aromatic carbocycles. The van der Waals surface area contributed by atoms with Crippen LogP contribution in [0, 0.1) is 6.92 Å². The molecule has 0 aliphatic rings. The standard InChI is InChI=1S/C21H23ClN4O3/c1-12-9-14(11-23-10-12)26-18(13(2)24-20(28)29-21(3,4)5)25-16-8-6-7-15(22)17(16)19(26)27/h6-11,13H,1-5H3,(H,24,28). The number of carbonyl (C=O) groups is 1. The largest absolute Gasteiger partial charge is 0.444 e. The van der Waals surface area contributed by atoms with Crippen LogP contribution >= 0.6 is 11.6 Å². The van der Waals surface area contributed by atoms with Gasteiger partial charge in [0.1, 0.15) is 11.4 Å². The average Bonchev–Trinajstić information content (AvgIpc) is 2.59. The number of aromatic nitrogens is 3. The van der Waals surface area contributed by atoms with Crippen LogP contribution in [0.4, 0.5) is 4.79 Å². The molecular formula is C21H23ClN4O3. The Balaban J connectivity index is 2.18. The first-order valence-corrected chi connectivity index (χ1v) is 9.57. The van der Waals surface area contributed by atoms with E-state index in [-0.39, 0.29) is 5.56 Å². The number of ether oxygens (including phenoxy) is 1. The molecule has 1 amide bonds. The second-order valence-electron chi connectivity index (χ2n) is 7.83. The van der Waals surface area contributed by atoms with Crippen molar-refractivity contribution in [3.8, 4) is 5.69 Å². The Kier molecular flexibility index (Phi) is 5.61. The van der Waals surface area contributed by atoms with Crippen molar-refractivity contribution in [1.29, 1.82) is 0 Å². The van der Waals surface area contributed by atoms with Gasteiger partial charge in [-0.25, -0.2) is 9.78 Å². The minimum absolute atomic E-state index is 0.309. The normalized spacial score (nSPS) is 12.6. The summed E-state index contributed by atoms with van der Waals surface area (Å²) in [6.45, 7) is 8.96. The number of carbonyl (C=O) groups excluding carboxylic acids is 1. The van der Waals surface area contributed by atoms with Crippen LogP contribution in [-0.4, -0.2) is 26.2 Å². The molecule has 1 atom stereocenters. The van der Waals surface area contributed by atoms with Crippen molar-refractivity contribution >= 4 is 28.6 Å². The maximum absolute atomic E-state index is 13.4. The van der Waals surface area contributed by atoms with Gasteiger partial charge in [-0.3, -0.25) is 14.3 Å². The molecule has 152 valence electrons. The number of fused-ring (bicyclic) bond motifs is 1. The molecule has 0 aliphatic heterocycles. The van der Waals surface area contributed by atoms with Crippen molar-refractivity contribution in [3.05, 3.63) is 63.4 Å². The van der Waals surface area contributed by atoms with Crippen LogP contribution in [0.3, 0.4) is 0 Å². The second-order valence-corrected chi connectivity index (χ2v) is 8.24. The van der Waals surface area contributed by atoms with Crippen molar-refractivity contribution in [2.24, 2.45) is 0 Å². The maximum atomic E-state index is 13.4. The lowest BCUT2D eigenvalue weighted by atomic mass is 10.2. The van der Waals surface area contributed by atoms with Crippen LogP contribution in [0.2, 0.25) is 5.02 Å². The summed E-state index contributed by atoms with van der Waals surface area (Å²) in [7, 11) is 0. The Morgan fingerprint density at radius 2 is 2.00 bits per heavy atom. The van der Waals surface area contributed by atoms with Crippen LogP contribution in [-0.2, 0) is 4.74 Å². The van der Waals surface area contributed by atoms with E-state index in [1.807, 2.05) is 13.0 Å². The Bertz CT molecular complexity index is 1130. The first kappa shape index (κ1) is 20.8. The summed E-state index contributed by atoms with van der Waals surface area (Å²) >= 11 is 6.28. The van der Waals surface area contributed by atoms with Gasteiger partial charge in [-0.05, 0) is 58.4 Å². The highest BCUT2D eigenvalue weighted by molar-refractivity contribution is 6.35. The molecule has 0 spiro atoms. The minimum atomic E-state index is -0.645. The Labute approximate surface area is 173 Å². The number of aryl methyl sites for hydroxylation is 1. The number of hydrogen-bond acceptors (Lipinski definition) is 5. The summed E-state index contributed by atoms with van der Waals surface area (Å²) < 4.78 is 6.76. The molecule has 0 aliphatic carbocycles. The smallest absolute Gasteiger partial charge is 0.408 e. The van der Waals surface area contributed by atoms with E-state index in [4.69, 9.17) is 16.3 Å². The maximum Gasteiger partial charge on any atom is 0.408 e. The molecule has 3 aromatic rings. The van der Waals surface area contributed by atoms with Crippen LogP contribution in [0.1, 0.15) is 45.1 Å². The van der Waals surface area contributed by atoms with Crippen molar-refractivity contribution in [2.75, 3.05) is 0 Å². The molecule has 0 saturated carbocycles. The number of alkyl carbamates (subject to hydrolysis) is 1. The van der Waals surface area contributed by atoms with Crippen LogP contribution in [0.15, 0.2) is 41.5 Å². The van der Waals surface area contributed by atoms with Gasteiger partial charge in [0.05, 0.1) is 33.9 Å². The minimum Gasteiger partial charge on any atom is -0.444 e. The van der Waals surface area contributed by atoms with E-state index in [0.29, 0.717) is 27.4 Å². The fraction of sp³-hybridized carbons (Fsp3) is 0.333. The lowest BCUT2D eigenvalue weighted by molar-refractivity contribution is 0.0505. The first-order chi connectivity index (χ1) is 13.6. The van der Waals surface area contributed by atoms with E-state index < -0.39 is 17.7 Å². The molecule has 0 fully saturated rings. The third-order valence-corrected chi connectivity index (χ3v) is 4.43. The number of benzene rings is 1. The molecule has 1 N–H and O–H groups in total. The lowest BCUT2D eigenvalue weighted by Crippen LogP contribution is -2.37. The number of nitrogens with zero attached hydrogens (tertiary/aromatic N) is 3. The quantitative estimate of drug-likeness (QED) is 0.689. The van der Waals surface area contributed by atoms with Gasteiger partial charge in [0.25, 0.3) is 5.56 Å². The number of hydrogen-bond donors (Lipinski definition) is 1. The van der Waals surface area contributed by atoms with Crippen LogP contribution in [0.5, 0.6) is 0 Å². The number of amides is 1. The highest BCUT2D eigenvalue weighted by atomic mass is 35.5. The number of nitrogens with one attached hydrogen (secondary N) is 1. The zero-order valence-electron chi connectivity index (χ0n) is 17.0. The van der Waals surface area contributed by atoms with Gasteiger partial charge in [-0.15, -0.1) is 0 Å². The molecule has 1 unspecified atom stereocenters. The van der Waals surface area contributed by atoms with E-state index in [1.54, 1.807) is 58.3 Å². The van der Waals surface area contributed by atoms with E-state index in [9.17, 15) is 9.59 Å². The van der Waals surface area contributed by atoms with Crippen molar-refractivity contribution in [3.63, 3.8) is 0 Å². The van der Waals surface area contributed by atoms with Crippen LogP contribution in [0.25, 0.3) is 16.6 Å². The second kappa shape index (κ2) is 7.83. The Morgan fingerprint density at radius 3 is 2.66 bits per heavy atom. The van der Waals surface area contributed by atoms with Crippen LogP contribution < -0.4 is 10.9 Å². The number of halogens is 1. The fourth-order valence-electron chi connectivity index (χ4n) is 2.96. The van der Waals surface area contributed by atoms with Gasteiger partial charge in [-0.1, -0.05) is 17.7 Å². The molecule has 2 heterocycles. The van der Waals surface area contributed by atoms with E-state index in [1.165, 1.54) is 4.57 Å². The summed E-state index contributed by atoms with van der Waals surface area (Å²) in [6, 6.07) is 6.30. The van der Waals surface area contributed by atoms with E-state index in [2.05, 4.69) is 15.3 Å². The SMILES string of the molecule is Cc1cncc(-n2c(C(C)NC(=O)OC(C)(C)C)nc3cccc(Cl)c3c2=O)c1. The molecular weight excluding hydrogens is 392 g/mol. The van der Waals surface area contributed by atoms with E-state index in [0.717, 1.165) is 5.56 Å². The highest BCUT2D eigenvalue weighted by Gasteiger charge is 2.23. The lowest BCUT2D eigenvalue weighted by Gasteiger charge is -2.23. The average molecular weight is 415 g/mol. The monoisotopic (exact) mass is 414 g/mol. The first-order valence-electron chi connectivity index (χ1n) is 9.19. The Hall–Kier alpha value is -2.93. The number of pyridine rings is 1. The molecule has 3 rings (SSSR count). The molecule has 8 heteroatoms. The zero-order chi connectivity index (χ0) is 21.3. The van der Waals surface area contributed by atoms with Gasteiger partial charge in [-0.2, -0.15) is 0 Å². The van der Waals surface area contributed by atoms with Crippen molar-refractivity contribution in [2.45, 2.75) is 46.3 Å². The summed E-state index contributed by atoms with van der Waals surface area (Å²) in [6.07, 6.45) is 2.67. The van der Waals surface area contributed by atoms with Gasteiger partial charge >= 0.3 is 6.09 Å². The predicted molar refractivity (Wildman–Crippen MR) is 113 cm³/mol. The third-order valence-electron chi connectivity index (χ3n) is 4.11. The summed E-state index contributed by atoms with van der Waals surface area (Å²) in [5, 5.41) is 3.37. The summed E-state index contributed by atoms with van der Waals surface area (Å²) in [5.74, 6) is 0.350. The highest BCUT2D eigenvalue weighted by Crippen LogP contribution is 2.23. The molecule has 2 aromatic heterocycles. The molecule has 0 saturated heterocycles. The fourth-order valence-corrected chi connectivity index (χ4v) is 3.21. The predicted octanol–water partition coefficient (Wildman–Crippen LogP) is 4.33. The van der Waals surface area contributed by atoms with Gasteiger partial charge in [0.15, 0.2) is 0 Å². The van der Waals surface area contributed by atoms with Gasteiger partial charge in [0.2, 0.25) is 0 Å². The number of rotatable bonds is 3. The Morgan fingerprint density at radius 1 is 1.28 bits per heavy atom. The summed E-state index contributed by atoms with van der Waals surface area (Å²) in [4.78, 5) is 34.4. The molecule has 0 radical (unpaired) electrons. The zero-order valence-corrected chi connectivity index (χ0v) is 17.7. The molecule has 7 nitrogen and oxygen atoms in total. The molecule has 29 heavy (non-hydrogen) atoms. The molecule has 0 bridgehead atoms. The van der Waals surface area contributed by atoms with E-state index >= 15 is 0 Å². The third kappa shape index (κ3) is 4.56. The van der Waals surface area contributed by atoms with Crippen molar-refractivity contribution in [1.82, 2.24) is 19.9 Å². The summed E-state index contributed by atoms with van der Waals surface area (Å²) in [5.41, 5.74) is 0.895.